The Labute approximate surface area is 119 Å². The molecular weight excluding hydrogens is 250 g/mol. The highest BCUT2D eigenvalue weighted by Crippen LogP contribution is 2.08. The van der Waals surface area contributed by atoms with Crippen LogP contribution in [0.15, 0.2) is 48.7 Å². The zero-order valence-corrected chi connectivity index (χ0v) is 11.8. The lowest BCUT2D eigenvalue weighted by Gasteiger charge is -2.10. The summed E-state index contributed by atoms with van der Waals surface area (Å²) in [6.07, 6.45) is 1.68. The van der Waals surface area contributed by atoms with Crippen LogP contribution in [0.2, 0.25) is 0 Å². The van der Waals surface area contributed by atoms with Crippen LogP contribution in [-0.2, 0) is 6.54 Å². The van der Waals surface area contributed by atoms with Gasteiger partial charge in [0.2, 0.25) is 0 Å². The van der Waals surface area contributed by atoms with Crippen molar-refractivity contribution in [2.45, 2.75) is 26.4 Å². The normalized spacial score (nSPS) is 10.3. The summed E-state index contributed by atoms with van der Waals surface area (Å²) in [6.45, 7) is 4.62. The Kier molecular flexibility index (Phi) is 4.71. The first-order valence-corrected chi connectivity index (χ1v) is 6.70. The highest BCUT2D eigenvalue weighted by molar-refractivity contribution is 5.92. The van der Waals surface area contributed by atoms with Crippen molar-refractivity contribution < 1.29 is 4.79 Å². The van der Waals surface area contributed by atoms with Crippen molar-refractivity contribution in [3.63, 3.8) is 0 Å². The van der Waals surface area contributed by atoms with Crippen molar-refractivity contribution in [3.05, 3.63) is 59.9 Å². The van der Waals surface area contributed by atoms with Gasteiger partial charge in [0, 0.05) is 12.6 Å². The standard InChI is InChI=1S/C16H19N3O/c1-12(2)19-14-8-9-15(17-11-14)16(20)18-10-13-6-4-3-5-7-13/h3-9,11-12,19H,10H2,1-2H3,(H,18,20). The molecule has 20 heavy (non-hydrogen) atoms. The molecule has 0 bridgehead atoms. The first-order chi connectivity index (χ1) is 9.65. The molecule has 1 amide bonds. The number of aromatic nitrogens is 1. The molecule has 0 aliphatic heterocycles. The van der Waals surface area contributed by atoms with Crippen LogP contribution in [0.5, 0.6) is 0 Å². The fourth-order valence-corrected chi connectivity index (χ4v) is 1.82. The number of hydrogen-bond acceptors (Lipinski definition) is 3. The van der Waals surface area contributed by atoms with E-state index in [0.29, 0.717) is 18.3 Å². The van der Waals surface area contributed by atoms with E-state index in [2.05, 4.69) is 29.5 Å². The van der Waals surface area contributed by atoms with E-state index in [0.717, 1.165) is 11.3 Å². The SMILES string of the molecule is CC(C)Nc1ccc(C(=O)NCc2ccccc2)nc1. The third-order valence-corrected chi connectivity index (χ3v) is 2.75. The highest BCUT2D eigenvalue weighted by atomic mass is 16.1. The first-order valence-electron chi connectivity index (χ1n) is 6.70. The van der Waals surface area contributed by atoms with Gasteiger partial charge in [-0.25, -0.2) is 4.98 Å². The summed E-state index contributed by atoms with van der Waals surface area (Å²) in [4.78, 5) is 16.1. The third kappa shape index (κ3) is 4.09. The molecule has 104 valence electrons. The summed E-state index contributed by atoms with van der Waals surface area (Å²) in [6, 6.07) is 13.7. The summed E-state index contributed by atoms with van der Waals surface area (Å²) >= 11 is 0. The van der Waals surface area contributed by atoms with Crippen molar-refractivity contribution in [2.24, 2.45) is 0 Å². The second-order valence-electron chi connectivity index (χ2n) is 4.90. The largest absolute Gasteiger partial charge is 0.382 e. The van der Waals surface area contributed by atoms with Crippen LogP contribution in [0.4, 0.5) is 5.69 Å². The minimum atomic E-state index is -0.162. The zero-order chi connectivity index (χ0) is 14.4. The summed E-state index contributed by atoms with van der Waals surface area (Å²) in [5.41, 5.74) is 2.41. The van der Waals surface area contributed by atoms with Crippen molar-refractivity contribution in [3.8, 4) is 0 Å². The molecular formula is C16H19N3O. The van der Waals surface area contributed by atoms with E-state index in [1.807, 2.05) is 36.4 Å². The number of nitrogens with zero attached hydrogens (tertiary/aromatic N) is 1. The van der Waals surface area contributed by atoms with Crippen LogP contribution in [0.25, 0.3) is 0 Å². The number of hydrogen-bond donors (Lipinski definition) is 2. The maximum Gasteiger partial charge on any atom is 0.270 e. The van der Waals surface area contributed by atoms with Crippen molar-refractivity contribution in [1.82, 2.24) is 10.3 Å². The van der Waals surface area contributed by atoms with E-state index in [1.54, 1.807) is 12.3 Å². The highest BCUT2D eigenvalue weighted by Gasteiger charge is 2.06. The fourth-order valence-electron chi connectivity index (χ4n) is 1.82. The molecule has 2 rings (SSSR count). The quantitative estimate of drug-likeness (QED) is 0.877. The lowest BCUT2D eigenvalue weighted by atomic mass is 10.2. The average Bonchev–Trinajstić information content (AvgIpc) is 2.46. The second-order valence-corrected chi connectivity index (χ2v) is 4.90. The summed E-state index contributed by atoms with van der Waals surface area (Å²) in [5, 5.41) is 6.09. The van der Waals surface area contributed by atoms with Crippen LogP contribution < -0.4 is 10.6 Å². The van der Waals surface area contributed by atoms with Gasteiger partial charge >= 0.3 is 0 Å². The molecule has 4 nitrogen and oxygen atoms in total. The van der Waals surface area contributed by atoms with E-state index in [1.165, 1.54) is 0 Å². The molecule has 0 atom stereocenters. The minimum Gasteiger partial charge on any atom is -0.382 e. The summed E-state index contributed by atoms with van der Waals surface area (Å²) in [7, 11) is 0. The van der Waals surface area contributed by atoms with Crippen LogP contribution in [-0.4, -0.2) is 16.9 Å². The number of nitrogens with one attached hydrogen (secondary N) is 2. The first kappa shape index (κ1) is 14.1. The molecule has 0 aliphatic carbocycles. The topological polar surface area (TPSA) is 54.0 Å². The van der Waals surface area contributed by atoms with Crippen molar-refractivity contribution in [1.29, 1.82) is 0 Å². The molecule has 2 aromatic rings. The Balaban J connectivity index is 1.92. The Morgan fingerprint density at radius 1 is 1.15 bits per heavy atom. The second kappa shape index (κ2) is 6.70. The lowest BCUT2D eigenvalue weighted by Crippen LogP contribution is -2.23. The van der Waals surface area contributed by atoms with Crippen molar-refractivity contribution >= 4 is 11.6 Å². The molecule has 1 heterocycles. The van der Waals surface area contributed by atoms with Gasteiger partial charge in [0.15, 0.2) is 0 Å². The molecule has 2 N–H and O–H groups in total. The number of amides is 1. The lowest BCUT2D eigenvalue weighted by molar-refractivity contribution is 0.0946. The van der Waals surface area contributed by atoms with Crippen LogP contribution in [0.1, 0.15) is 29.9 Å². The van der Waals surface area contributed by atoms with Gasteiger partial charge in [0.1, 0.15) is 5.69 Å². The predicted octanol–water partition coefficient (Wildman–Crippen LogP) is 2.83. The minimum absolute atomic E-state index is 0.162. The van der Waals surface area contributed by atoms with Crippen LogP contribution in [0, 0.1) is 0 Å². The summed E-state index contributed by atoms with van der Waals surface area (Å²) in [5.74, 6) is -0.162. The average molecular weight is 269 g/mol. The van der Waals surface area contributed by atoms with Gasteiger partial charge in [-0.05, 0) is 31.5 Å². The molecule has 0 fully saturated rings. The molecule has 0 spiro atoms. The van der Waals surface area contributed by atoms with E-state index >= 15 is 0 Å². The molecule has 0 unspecified atom stereocenters. The van der Waals surface area contributed by atoms with E-state index in [4.69, 9.17) is 0 Å². The maximum atomic E-state index is 12.0. The molecule has 4 heteroatoms. The Morgan fingerprint density at radius 2 is 1.90 bits per heavy atom. The molecule has 1 aromatic heterocycles. The van der Waals surface area contributed by atoms with Gasteiger partial charge in [-0.3, -0.25) is 4.79 Å². The zero-order valence-electron chi connectivity index (χ0n) is 11.8. The number of pyridine rings is 1. The fraction of sp³-hybridized carbons (Fsp3) is 0.250. The van der Waals surface area contributed by atoms with E-state index < -0.39 is 0 Å². The van der Waals surface area contributed by atoms with Gasteiger partial charge in [-0.1, -0.05) is 30.3 Å². The van der Waals surface area contributed by atoms with Gasteiger partial charge in [0.25, 0.3) is 5.91 Å². The number of carbonyl (C=O) groups excluding carboxylic acids is 1. The number of anilines is 1. The number of carbonyl (C=O) groups is 1. The Morgan fingerprint density at radius 3 is 2.50 bits per heavy atom. The summed E-state index contributed by atoms with van der Waals surface area (Å²) < 4.78 is 0. The maximum absolute atomic E-state index is 12.0. The molecule has 0 saturated carbocycles. The van der Waals surface area contributed by atoms with Gasteiger partial charge in [0.05, 0.1) is 11.9 Å². The van der Waals surface area contributed by atoms with E-state index in [9.17, 15) is 4.79 Å². The molecule has 0 radical (unpaired) electrons. The van der Waals surface area contributed by atoms with Crippen LogP contribution in [0.3, 0.4) is 0 Å². The Bertz CT molecular complexity index is 550. The number of benzene rings is 1. The molecule has 1 aromatic carbocycles. The van der Waals surface area contributed by atoms with Gasteiger partial charge in [-0.2, -0.15) is 0 Å². The smallest absolute Gasteiger partial charge is 0.270 e. The molecule has 0 saturated heterocycles. The predicted molar refractivity (Wildman–Crippen MR) is 80.6 cm³/mol. The third-order valence-electron chi connectivity index (χ3n) is 2.75. The Hall–Kier alpha value is -2.36. The van der Waals surface area contributed by atoms with Gasteiger partial charge in [-0.15, -0.1) is 0 Å². The monoisotopic (exact) mass is 269 g/mol. The van der Waals surface area contributed by atoms with E-state index in [-0.39, 0.29) is 5.91 Å². The molecule has 0 aliphatic rings. The van der Waals surface area contributed by atoms with Gasteiger partial charge < -0.3 is 10.6 Å². The van der Waals surface area contributed by atoms with Crippen molar-refractivity contribution in [2.75, 3.05) is 5.32 Å². The van der Waals surface area contributed by atoms with Crippen LogP contribution >= 0.6 is 0 Å². The number of rotatable bonds is 5.